The SMILES string of the molecule is COc1c[c]ccc1Nc1nc(NC2CCCC2)c2cc[nH]c2n1. The molecule has 0 saturated heterocycles. The van der Waals surface area contributed by atoms with Crippen LogP contribution in [0.15, 0.2) is 30.5 Å². The van der Waals surface area contributed by atoms with E-state index in [0.717, 1.165) is 22.5 Å². The van der Waals surface area contributed by atoms with Gasteiger partial charge in [-0.05, 0) is 37.1 Å². The molecular weight excluding hydrogens is 302 g/mol. The van der Waals surface area contributed by atoms with Gasteiger partial charge in [-0.3, -0.25) is 0 Å². The molecule has 6 nitrogen and oxygen atoms in total. The van der Waals surface area contributed by atoms with Crippen LogP contribution in [0.4, 0.5) is 17.5 Å². The highest BCUT2D eigenvalue weighted by atomic mass is 16.5. The van der Waals surface area contributed by atoms with Crippen molar-refractivity contribution in [3.63, 3.8) is 0 Å². The number of benzene rings is 1. The number of hydrogen-bond donors (Lipinski definition) is 3. The molecule has 0 bridgehead atoms. The molecule has 0 aliphatic heterocycles. The summed E-state index contributed by atoms with van der Waals surface area (Å²) in [5, 5.41) is 7.83. The standard InChI is InChI=1S/C18H20N5O/c1-24-15-9-5-4-8-14(15)21-18-22-16-13(10-11-19-16)17(23-18)20-12-6-2-3-7-12/h4,8-12H,2-3,6-7H2,1H3,(H3,19,20,21,22,23). The Hall–Kier alpha value is -2.76. The summed E-state index contributed by atoms with van der Waals surface area (Å²) in [5.41, 5.74) is 1.63. The fourth-order valence-corrected chi connectivity index (χ4v) is 3.18. The minimum atomic E-state index is 0.492. The van der Waals surface area contributed by atoms with Crippen molar-refractivity contribution in [2.24, 2.45) is 0 Å². The van der Waals surface area contributed by atoms with Crippen molar-refractivity contribution in [3.05, 3.63) is 36.5 Å². The zero-order chi connectivity index (χ0) is 16.4. The lowest BCUT2D eigenvalue weighted by Crippen LogP contribution is -2.16. The Labute approximate surface area is 140 Å². The Kier molecular flexibility index (Phi) is 3.94. The van der Waals surface area contributed by atoms with Crippen LogP contribution in [0.25, 0.3) is 11.0 Å². The predicted octanol–water partition coefficient (Wildman–Crippen LogP) is 3.86. The molecule has 0 atom stereocenters. The summed E-state index contributed by atoms with van der Waals surface area (Å²) in [5.74, 6) is 2.12. The summed E-state index contributed by atoms with van der Waals surface area (Å²) in [4.78, 5) is 12.4. The summed E-state index contributed by atoms with van der Waals surface area (Å²) < 4.78 is 5.36. The highest BCUT2D eigenvalue weighted by Crippen LogP contribution is 2.29. The second-order valence-corrected chi connectivity index (χ2v) is 6.01. The zero-order valence-electron chi connectivity index (χ0n) is 13.6. The lowest BCUT2D eigenvalue weighted by atomic mass is 10.2. The maximum atomic E-state index is 5.36. The highest BCUT2D eigenvalue weighted by molar-refractivity contribution is 5.88. The van der Waals surface area contributed by atoms with Crippen molar-refractivity contribution in [2.75, 3.05) is 17.7 Å². The van der Waals surface area contributed by atoms with Crippen molar-refractivity contribution in [3.8, 4) is 5.75 Å². The molecule has 6 heteroatoms. The molecule has 4 rings (SSSR count). The lowest BCUT2D eigenvalue weighted by molar-refractivity contribution is 0.416. The second-order valence-electron chi connectivity index (χ2n) is 6.01. The predicted molar refractivity (Wildman–Crippen MR) is 94.9 cm³/mol. The number of nitrogens with zero attached hydrogens (tertiary/aromatic N) is 2. The molecule has 1 aliphatic carbocycles. The Morgan fingerprint density at radius 1 is 1.25 bits per heavy atom. The van der Waals surface area contributed by atoms with Crippen LogP contribution in [-0.4, -0.2) is 28.1 Å². The van der Waals surface area contributed by atoms with Gasteiger partial charge >= 0.3 is 0 Å². The topological polar surface area (TPSA) is 74.9 Å². The molecule has 3 N–H and O–H groups in total. The van der Waals surface area contributed by atoms with Crippen molar-refractivity contribution in [2.45, 2.75) is 31.7 Å². The molecule has 1 aliphatic rings. The molecule has 0 amide bonds. The normalized spacial score (nSPS) is 14.9. The fraction of sp³-hybridized carbons (Fsp3) is 0.333. The Balaban J connectivity index is 1.67. The van der Waals surface area contributed by atoms with Gasteiger partial charge in [0.2, 0.25) is 5.95 Å². The Morgan fingerprint density at radius 3 is 2.96 bits per heavy atom. The summed E-state index contributed by atoms with van der Waals surface area (Å²) in [6, 6.07) is 11.0. The molecule has 1 aromatic carbocycles. The van der Waals surface area contributed by atoms with Gasteiger partial charge in [0.25, 0.3) is 0 Å². The highest BCUT2D eigenvalue weighted by Gasteiger charge is 2.18. The number of anilines is 3. The number of aromatic nitrogens is 3. The molecular formula is C18H20N5O. The van der Waals surface area contributed by atoms with Crippen molar-refractivity contribution < 1.29 is 4.74 Å². The van der Waals surface area contributed by atoms with E-state index in [2.05, 4.69) is 31.7 Å². The first kappa shape index (κ1) is 14.8. The molecule has 1 fully saturated rings. The molecule has 0 spiro atoms. The Morgan fingerprint density at radius 2 is 2.12 bits per heavy atom. The second kappa shape index (κ2) is 6.39. The molecule has 0 unspecified atom stereocenters. The van der Waals surface area contributed by atoms with Crippen molar-refractivity contribution >= 4 is 28.5 Å². The van der Waals surface area contributed by atoms with Gasteiger partial charge < -0.3 is 20.4 Å². The van der Waals surface area contributed by atoms with E-state index in [1.165, 1.54) is 25.7 Å². The Bertz CT molecular complexity index is 838. The first-order valence-electron chi connectivity index (χ1n) is 8.26. The van der Waals surface area contributed by atoms with E-state index < -0.39 is 0 Å². The fourth-order valence-electron chi connectivity index (χ4n) is 3.18. The van der Waals surface area contributed by atoms with Gasteiger partial charge in [-0.2, -0.15) is 9.97 Å². The van der Waals surface area contributed by atoms with E-state index in [-0.39, 0.29) is 0 Å². The van der Waals surface area contributed by atoms with Gasteiger partial charge in [0, 0.05) is 12.2 Å². The lowest BCUT2D eigenvalue weighted by Gasteiger charge is -2.15. The molecule has 2 heterocycles. The third-order valence-corrected chi connectivity index (χ3v) is 4.40. The van der Waals surface area contributed by atoms with Crippen molar-refractivity contribution in [1.29, 1.82) is 0 Å². The van der Waals surface area contributed by atoms with Crippen LogP contribution in [0.1, 0.15) is 25.7 Å². The number of rotatable bonds is 5. The van der Waals surface area contributed by atoms with Gasteiger partial charge in [-0.25, -0.2) is 0 Å². The third-order valence-electron chi connectivity index (χ3n) is 4.40. The van der Waals surface area contributed by atoms with Crippen LogP contribution < -0.4 is 15.4 Å². The molecule has 3 aromatic rings. The van der Waals surface area contributed by atoms with Gasteiger partial charge in [0.1, 0.15) is 17.2 Å². The van der Waals surface area contributed by atoms with E-state index in [1.807, 2.05) is 24.4 Å². The number of hydrogen-bond acceptors (Lipinski definition) is 5. The van der Waals surface area contributed by atoms with Crippen LogP contribution in [-0.2, 0) is 0 Å². The molecule has 24 heavy (non-hydrogen) atoms. The average Bonchev–Trinajstić information content (AvgIpc) is 3.27. The van der Waals surface area contributed by atoms with E-state index >= 15 is 0 Å². The number of H-pyrrole nitrogens is 1. The number of fused-ring (bicyclic) bond motifs is 1. The largest absolute Gasteiger partial charge is 0.495 e. The molecule has 2 aromatic heterocycles. The first-order chi connectivity index (χ1) is 11.8. The minimum absolute atomic E-state index is 0.492. The van der Waals surface area contributed by atoms with Gasteiger partial charge in [-0.15, -0.1) is 0 Å². The van der Waals surface area contributed by atoms with E-state index in [0.29, 0.717) is 17.7 Å². The summed E-state index contributed by atoms with van der Waals surface area (Å²) >= 11 is 0. The maximum Gasteiger partial charge on any atom is 0.231 e. The van der Waals surface area contributed by atoms with Crippen LogP contribution >= 0.6 is 0 Å². The van der Waals surface area contributed by atoms with Gasteiger partial charge in [0.05, 0.1) is 18.2 Å². The first-order valence-corrected chi connectivity index (χ1v) is 8.26. The van der Waals surface area contributed by atoms with Crippen LogP contribution in [0, 0.1) is 6.07 Å². The average molecular weight is 322 g/mol. The van der Waals surface area contributed by atoms with Gasteiger partial charge in [0.15, 0.2) is 0 Å². The summed E-state index contributed by atoms with van der Waals surface area (Å²) in [6.07, 6.45) is 6.84. The van der Waals surface area contributed by atoms with Crippen LogP contribution in [0.2, 0.25) is 0 Å². The molecule has 1 radical (unpaired) electrons. The maximum absolute atomic E-state index is 5.36. The molecule has 1 saturated carbocycles. The third kappa shape index (κ3) is 2.87. The number of ether oxygens (including phenoxy) is 1. The smallest absolute Gasteiger partial charge is 0.231 e. The summed E-state index contributed by atoms with van der Waals surface area (Å²) in [7, 11) is 1.64. The summed E-state index contributed by atoms with van der Waals surface area (Å²) in [6.45, 7) is 0. The van der Waals surface area contributed by atoms with Crippen LogP contribution in [0.3, 0.4) is 0 Å². The monoisotopic (exact) mass is 322 g/mol. The number of aromatic amines is 1. The van der Waals surface area contributed by atoms with E-state index in [1.54, 1.807) is 13.2 Å². The van der Waals surface area contributed by atoms with Crippen molar-refractivity contribution in [1.82, 2.24) is 15.0 Å². The minimum Gasteiger partial charge on any atom is -0.495 e. The van der Waals surface area contributed by atoms with Crippen LogP contribution in [0.5, 0.6) is 5.75 Å². The number of nitrogens with one attached hydrogen (secondary N) is 3. The zero-order valence-corrected chi connectivity index (χ0v) is 13.6. The van der Waals surface area contributed by atoms with E-state index in [4.69, 9.17) is 4.74 Å². The van der Waals surface area contributed by atoms with Gasteiger partial charge in [-0.1, -0.05) is 18.9 Å². The molecule has 123 valence electrons. The van der Waals surface area contributed by atoms with E-state index in [9.17, 15) is 0 Å². The number of methoxy groups -OCH3 is 1. The quantitative estimate of drug-likeness (QED) is 0.665.